The van der Waals surface area contributed by atoms with Crippen LogP contribution in [0.3, 0.4) is 0 Å². The number of fused-ring (bicyclic) bond motifs is 8. The lowest BCUT2D eigenvalue weighted by Gasteiger charge is -2.41. The van der Waals surface area contributed by atoms with Gasteiger partial charge in [0.1, 0.15) is 5.60 Å². The number of benzene rings is 1. The van der Waals surface area contributed by atoms with Crippen molar-refractivity contribution < 1.29 is 4.74 Å². The van der Waals surface area contributed by atoms with E-state index in [2.05, 4.69) is 45.0 Å². The predicted octanol–water partition coefficient (Wildman–Crippen LogP) is 3.65. The van der Waals surface area contributed by atoms with Crippen LogP contribution in [0.15, 0.2) is 24.3 Å². The molecule has 84 valence electrons. The van der Waals surface area contributed by atoms with Crippen molar-refractivity contribution in [1.29, 1.82) is 0 Å². The van der Waals surface area contributed by atoms with Gasteiger partial charge in [-0.05, 0) is 34.8 Å². The van der Waals surface area contributed by atoms with Crippen molar-refractivity contribution in [3.63, 3.8) is 0 Å². The second-order valence-electron chi connectivity index (χ2n) is 6.62. The van der Waals surface area contributed by atoms with Gasteiger partial charge in [-0.25, -0.2) is 0 Å². The first-order chi connectivity index (χ1) is 7.56. The van der Waals surface area contributed by atoms with Crippen molar-refractivity contribution in [1.82, 2.24) is 0 Å². The van der Waals surface area contributed by atoms with Crippen molar-refractivity contribution in [2.75, 3.05) is 0 Å². The topological polar surface area (TPSA) is 9.23 Å². The van der Waals surface area contributed by atoms with Gasteiger partial charge >= 0.3 is 0 Å². The van der Waals surface area contributed by atoms with Crippen LogP contribution in [-0.4, -0.2) is 0 Å². The van der Waals surface area contributed by atoms with Gasteiger partial charge in [-0.1, -0.05) is 45.0 Å². The maximum Gasteiger partial charge on any atom is 0.102 e. The zero-order valence-electron chi connectivity index (χ0n) is 10.2. The van der Waals surface area contributed by atoms with Crippen molar-refractivity contribution in [2.45, 2.75) is 38.9 Å². The molecule has 0 radical (unpaired) electrons. The molecule has 2 heterocycles. The molecule has 0 N–H and O–H groups in total. The third-order valence-electron chi connectivity index (χ3n) is 4.85. The molecule has 4 atom stereocenters. The second kappa shape index (κ2) is 2.38. The third kappa shape index (κ3) is 0.777. The Hall–Kier alpha value is -0.820. The smallest absolute Gasteiger partial charge is 0.102 e. The van der Waals surface area contributed by atoms with Crippen LogP contribution < -0.4 is 0 Å². The Balaban J connectivity index is 2.01. The first kappa shape index (κ1) is 9.23. The molecule has 0 aromatic heterocycles. The summed E-state index contributed by atoms with van der Waals surface area (Å²) < 4.78 is 6.46. The van der Waals surface area contributed by atoms with E-state index >= 15 is 0 Å². The molecule has 0 amide bonds. The fraction of sp³-hybridized carbons (Fsp3) is 0.600. The molecule has 1 heteroatoms. The molecule has 2 aliphatic heterocycles. The van der Waals surface area contributed by atoms with Crippen LogP contribution in [0.5, 0.6) is 0 Å². The van der Waals surface area contributed by atoms with Crippen LogP contribution in [0.2, 0.25) is 0 Å². The van der Waals surface area contributed by atoms with Gasteiger partial charge in [-0.3, -0.25) is 0 Å². The highest BCUT2D eigenvalue weighted by atomic mass is 16.5. The Morgan fingerprint density at radius 3 is 2.75 bits per heavy atom. The summed E-state index contributed by atoms with van der Waals surface area (Å²) in [6.07, 6.45) is 1.77. The van der Waals surface area contributed by atoms with E-state index in [1.165, 1.54) is 17.5 Å². The first-order valence-electron chi connectivity index (χ1n) is 6.33. The van der Waals surface area contributed by atoms with Crippen LogP contribution in [0, 0.1) is 17.3 Å². The summed E-state index contributed by atoms with van der Waals surface area (Å²) in [6.45, 7) is 6.98. The molecule has 2 fully saturated rings. The normalized spacial score (nSPS) is 43.1. The van der Waals surface area contributed by atoms with E-state index in [1.54, 1.807) is 0 Å². The molecule has 1 saturated carbocycles. The minimum atomic E-state index is 0.0128. The number of rotatable bonds is 0. The molecule has 2 bridgehead atoms. The Kier molecular flexibility index (Phi) is 1.37. The Labute approximate surface area is 96.8 Å². The van der Waals surface area contributed by atoms with Crippen LogP contribution in [0.4, 0.5) is 0 Å². The minimum Gasteiger partial charge on any atom is -0.361 e. The van der Waals surface area contributed by atoms with Gasteiger partial charge in [-0.15, -0.1) is 0 Å². The van der Waals surface area contributed by atoms with Gasteiger partial charge in [0.05, 0.1) is 6.10 Å². The predicted molar refractivity (Wildman–Crippen MR) is 63.0 cm³/mol. The summed E-state index contributed by atoms with van der Waals surface area (Å²) in [5.41, 5.74) is 3.16. The maximum absolute atomic E-state index is 6.46. The third-order valence-corrected chi connectivity index (χ3v) is 4.85. The minimum absolute atomic E-state index is 0.0128. The van der Waals surface area contributed by atoms with Crippen LogP contribution >= 0.6 is 0 Å². The number of hydrogen-bond donors (Lipinski definition) is 0. The standard InChI is InChI=1S/C15H18O/c1-14(2,3)15-11-7-5-4-6-9(11)13(16-15)10-8-12(10)15/h4-7,10,12-13H,8H2,1-3H3/t10-,12+,13+,15-/m0/s1. The molecule has 3 aliphatic rings. The molecular weight excluding hydrogens is 196 g/mol. The molecule has 1 aliphatic carbocycles. The van der Waals surface area contributed by atoms with Crippen LogP contribution in [0.25, 0.3) is 0 Å². The molecule has 1 saturated heterocycles. The lowest BCUT2D eigenvalue weighted by molar-refractivity contribution is -0.121. The molecule has 1 aromatic rings. The van der Waals surface area contributed by atoms with Crippen molar-refractivity contribution >= 4 is 0 Å². The molecule has 0 spiro atoms. The van der Waals surface area contributed by atoms with Gasteiger partial charge in [0.15, 0.2) is 0 Å². The highest BCUT2D eigenvalue weighted by Crippen LogP contribution is 2.76. The lowest BCUT2D eigenvalue weighted by Crippen LogP contribution is -2.40. The summed E-state index contributed by atoms with van der Waals surface area (Å²) in [4.78, 5) is 0. The largest absolute Gasteiger partial charge is 0.361 e. The molecular formula is C15H18O. The number of ether oxygens (including phenoxy) is 1. The van der Waals surface area contributed by atoms with Crippen molar-refractivity contribution in [3.05, 3.63) is 35.4 Å². The summed E-state index contributed by atoms with van der Waals surface area (Å²) in [5.74, 6) is 1.60. The van der Waals surface area contributed by atoms with Crippen LogP contribution in [0.1, 0.15) is 44.4 Å². The van der Waals surface area contributed by atoms with Gasteiger partial charge in [0, 0.05) is 0 Å². The monoisotopic (exact) mass is 214 g/mol. The summed E-state index contributed by atoms with van der Waals surface area (Å²) in [5, 5.41) is 0. The van der Waals surface area contributed by atoms with Crippen LogP contribution in [-0.2, 0) is 10.3 Å². The molecule has 1 aromatic carbocycles. The Morgan fingerprint density at radius 2 is 2.00 bits per heavy atom. The molecule has 16 heavy (non-hydrogen) atoms. The highest BCUT2D eigenvalue weighted by Gasteiger charge is 2.73. The van der Waals surface area contributed by atoms with E-state index in [1.807, 2.05) is 0 Å². The quantitative estimate of drug-likeness (QED) is 0.640. The second-order valence-corrected chi connectivity index (χ2v) is 6.62. The fourth-order valence-electron chi connectivity index (χ4n) is 4.17. The van der Waals surface area contributed by atoms with E-state index in [0.717, 1.165) is 11.8 Å². The van der Waals surface area contributed by atoms with Gasteiger partial charge in [0.2, 0.25) is 0 Å². The summed E-state index contributed by atoms with van der Waals surface area (Å²) in [6, 6.07) is 8.86. The van der Waals surface area contributed by atoms with Gasteiger partial charge in [-0.2, -0.15) is 0 Å². The Bertz CT molecular complexity index is 471. The zero-order valence-corrected chi connectivity index (χ0v) is 10.2. The zero-order chi connectivity index (χ0) is 11.1. The van der Waals surface area contributed by atoms with E-state index in [-0.39, 0.29) is 11.0 Å². The van der Waals surface area contributed by atoms with Gasteiger partial charge < -0.3 is 4.74 Å². The molecule has 4 rings (SSSR count). The van der Waals surface area contributed by atoms with E-state index in [9.17, 15) is 0 Å². The lowest BCUT2D eigenvalue weighted by atomic mass is 9.67. The maximum atomic E-state index is 6.46. The summed E-state index contributed by atoms with van der Waals surface area (Å²) in [7, 11) is 0. The van der Waals surface area contributed by atoms with Crippen molar-refractivity contribution in [2.24, 2.45) is 17.3 Å². The molecule has 1 nitrogen and oxygen atoms in total. The average molecular weight is 214 g/mol. The average Bonchev–Trinajstić information content (AvgIpc) is 2.87. The molecule has 0 unspecified atom stereocenters. The van der Waals surface area contributed by atoms with Gasteiger partial charge in [0.25, 0.3) is 0 Å². The number of hydrogen-bond acceptors (Lipinski definition) is 1. The summed E-state index contributed by atoms with van der Waals surface area (Å²) >= 11 is 0. The van der Waals surface area contributed by atoms with E-state index in [4.69, 9.17) is 4.74 Å². The first-order valence-corrected chi connectivity index (χ1v) is 6.33. The fourth-order valence-corrected chi connectivity index (χ4v) is 4.17. The Morgan fingerprint density at radius 1 is 1.25 bits per heavy atom. The van der Waals surface area contributed by atoms with Crippen molar-refractivity contribution in [3.8, 4) is 0 Å². The van der Waals surface area contributed by atoms with E-state index in [0.29, 0.717) is 6.10 Å². The van der Waals surface area contributed by atoms with E-state index < -0.39 is 0 Å². The SMILES string of the molecule is CC(C)(C)[C@]12O[C@H](c3ccccc31)[C@H]1C[C@H]12. The highest BCUT2D eigenvalue weighted by molar-refractivity contribution is 5.47.